The zero-order valence-electron chi connectivity index (χ0n) is 11.8. The van der Waals surface area contributed by atoms with E-state index in [1.165, 1.54) is 0 Å². The fraction of sp³-hybridized carbons (Fsp3) is 0.857. The third-order valence-electron chi connectivity index (χ3n) is 5.00. The van der Waals surface area contributed by atoms with Gasteiger partial charge in [0.2, 0.25) is 11.7 Å². The summed E-state index contributed by atoms with van der Waals surface area (Å²) in [6.07, 6.45) is 6.36. The van der Waals surface area contributed by atoms with E-state index in [4.69, 9.17) is 15.0 Å². The van der Waals surface area contributed by atoms with Crippen LogP contribution in [0.5, 0.6) is 0 Å². The lowest BCUT2D eigenvalue weighted by molar-refractivity contribution is -0.0609. The quantitative estimate of drug-likeness (QED) is 0.902. The topological polar surface area (TPSA) is 74.2 Å². The first kappa shape index (κ1) is 13.1. The van der Waals surface area contributed by atoms with Gasteiger partial charge < -0.3 is 15.0 Å². The summed E-state index contributed by atoms with van der Waals surface area (Å²) in [6, 6.07) is 0. The van der Waals surface area contributed by atoms with Crippen LogP contribution in [0.4, 0.5) is 0 Å². The second-order valence-corrected chi connectivity index (χ2v) is 6.29. The van der Waals surface area contributed by atoms with E-state index in [0.29, 0.717) is 12.4 Å². The minimum atomic E-state index is -0.348. The van der Waals surface area contributed by atoms with E-state index >= 15 is 0 Å². The number of hydrogen-bond donors (Lipinski definition) is 1. The van der Waals surface area contributed by atoms with Crippen LogP contribution < -0.4 is 5.73 Å². The van der Waals surface area contributed by atoms with Gasteiger partial charge in [-0.05, 0) is 44.4 Å². The van der Waals surface area contributed by atoms with Gasteiger partial charge in [-0.1, -0.05) is 12.1 Å². The highest BCUT2D eigenvalue weighted by molar-refractivity contribution is 5.18. The Morgan fingerprint density at radius 3 is 2.53 bits per heavy atom. The molecule has 2 aliphatic carbocycles. The Bertz CT molecular complexity index is 445. The first-order valence-corrected chi connectivity index (χ1v) is 7.24. The van der Waals surface area contributed by atoms with Gasteiger partial charge in [0, 0.05) is 13.7 Å². The number of nitrogens with zero attached hydrogens (tertiary/aromatic N) is 2. The molecule has 0 bridgehead atoms. The van der Waals surface area contributed by atoms with Crippen molar-refractivity contribution in [2.45, 2.75) is 56.5 Å². The molecular formula is C14H23N3O2. The van der Waals surface area contributed by atoms with E-state index in [-0.39, 0.29) is 11.0 Å². The average molecular weight is 265 g/mol. The van der Waals surface area contributed by atoms with Crippen molar-refractivity contribution < 1.29 is 9.26 Å². The molecule has 1 aromatic heterocycles. The maximum atomic E-state index is 5.81. The molecule has 0 saturated heterocycles. The lowest BCUT2D eigenvalue weighted by Gasteiger charge is -2.35. The van der Waals surface area contributed by atoms with E-state index in [1.54, 1.807) is 7.11 Å². The fourth-order valence-electron chi connectivity index (χ4n) is 3.03. The van der Waals surface area contributed by atoms with Gasteiger partial charge in [-0.25, -0.2) is 0 Å². The highest BCUT2D eigenvalue weighted by Gasteiger charge is 2.49. The van der Waals surface area contributed by atoms with Crippen LogP contribution >= 0.6 is 0 Å². The Balaban J connectivity index is 1.84. The molecule has 2 saturated carbocycles. The average Bonchev–Trinajstić information content (AvgIpc) is 3.09. The van der Waals surface area contributed by atoms with Crippen LogP contribution in [0.2, 0.25) is 0 Å². The van der Waals surface area contributed by atoms with Crippen molar-refractivity contribution in [3.8, 4) is 0 Å². The Labute approximate surface area is 113 Å². The third-order valence-corrected chi connectivity index (χ3v) is 5.00. The molecule has 0 atom stereocenters. The van der Waals surface area contributed by atoms with E-state index in [2.05, 4.69) is 17.1 Å². The molecule has 0 aliphatic heterocycles. The summed E-state index contributed by atoms with van der Waals surface area (Å²) in [7, 11) is 1.75. The monoisotopic (exact) mass is 265 g/mol. The highest BCUT2D eigenvalue weighted by Crippen LogP contribution is 2.48. The van der Waals surface area contributed by atoms with Crippen LogP contribution in [0.1, 0.15) is 57.2 Å². The number of hydrogen-bond acceptors (Lipinski definition) is 5. The van der Waals surface area contributed by atoms with Crippen LogP contribution in [-0.4, -0.2) is 23.8 Å². The van der Waals surface area contributed by atoms with E-state index in [0.717, 1.165) is 50.3 Å². The van der Waals surface area contributed by atoms with Gasteiger partial charge in [-0.2, -0.15) is 4.98 Å². The van der Waals surface area contributed by atoms with Gasteiger partial charge in [0.25, 0.3) is 0 Å². The number of ether oxygens (including phenoxy) is 1. The molecule has 2 aliphatic rings. The van der Waals surface area contributed by atoms with Gasteiger partial charge in [-0.3, -0.25) is 0 Å². The van der Waals surface area contributed by atoms with Gasteiger partial charge >= 0.3 is 0 Å². The molecule has 2 fully saturated rings. The van der Waals surface area contributed by atoms with E-state index in [1.807, 2.05) is 0 Å². The first-order valence-electron chi connectivity index (χ1n) is 7.24. The largest absolute Gasteiger partial charge is 0.370 e. The van der Waals surface area contributed by atoms with Crippen LogP contribution in [0.25, 0.3) is 0 Å². The van der Waals surface area contributed by atoms with Crippen LogP contribution in [0.3, 0.4) is 0 Å². The molecule has 0 radical (unpaired) electrons. The number of nitrogens with two attached hydrogens (primary N) is 1. The summed E-state index contributed by atoms with van der Waals surface area (Å²) in [4.78, 5) is 4.62. The minimum absolute atomic E-state index is 0.0395. The van der Waals surface area contributed by atoms with Crippen molar-refractivity contribution in [2.75, 3.05) is 13.7 Å². The van der Waals surface area contributed by atoms with Crippen LogP contribution in [-0.2, 0) is 15.8 Å². The Morgan fingerprint density at radius 2 is 2.00 bits per heavy atom. The number of aromatic nitrogens is 2. The SMILES string of the molecule is COC1(c2noc(C3(CN)CC3)n2)CCC(C)CC1. The van der Waals surface area contributed by atoms with Crippen molar-refractivity contribution in [3.05, 3.63) is 11.7 Å². The molecule has 5 heteroatoms. The van der Waals surface area contributed by atoms with Gasteiger partial charge in [0.1, 0.15) is 5.60 Å². The maximum Gasteiger partial charge on any atom is 0.234 e. The summed E-state index contributed by atoms with van der Waals surface area (Å²) in [5, 5.41) is 4.20. The first-order chi connectivity index (χ1) is 9.14. The molecule has 1 heterocycles. The van der Waals surface area contributed by atoms with Gasteiger partial charge in [0.15, 0.2) is 0 Å². The molecule has 106 valence electrons. The molecule has 1 aromatic rings. The molecule has 0 spiro atoms. The summed E-state index contributed by atoms with van der Waals surface area (Å²) in [5.41, 5.74) is 5.43. The number of rotatable bonds is 4. The highest BCUT2D eigenvalue weighted by atomic mass is 16.5. The van der Waals surface area contributed by atoms with Crippen LogP contribution in [0, 0.1) is 5.92 Å². The lowest BCUT2D eigenvalue weighted by Crippen LogP contribution is -2.34. The summed E-state index contributed by atoms with van der Waals surface area (Å²) >= 11 is 0. The molecule has 19 heavy (non-hydrogen) atoms. The lowest BCUT2D eigenvalue weighted by atomic mass is 9.79. The maximum absolute atomic E-state index is 5.81. The molecule has 3 rings (SSSR count). The zero-order chi connectivity index (χ0) is 13.5. The standard InChI is InChI=1S/C14H23N3O2/c1-10-3-5-14(18-2,6-4-10)11-16-12(19-17-11)13(9-15)7-8-13/h10H,3-9,15H2,1-2H3. The van der Waals surface area contributed by atoms with Crippen molar-refractivity contribution in [1.82, 2.24) is 10.1 Å². The Kier molecular flexibility index (Phi) is 3.14. The van der Waals surface area contributed by atoms with Crippen molar-refractivity contribution >= 4 is 0 Å². The zero-order valence-corrected chi connectivity index (χ0v) is 11.8. The predicted molar refractivity (Wildman–Crippen MR) is 70.6 cm³/mol. The van der Waals surface area contributed by atoms with Gasteiger partial charge in [-0.15, -0.1) is 0 Å². The molecule has 0 aromatic carbocycles. The predicted octanol–water partition coefficient (Wildman–Crippen LogP) is 2.11. The second-order valence-electron chi connectivity index (χ2n) is 6.29. The normalized spacial score (nSPS) is 33.3. The smallest absolute Gasteiger partial charge is 0.234 e. The molecule has 2 N–H and O–H groups in total. The summed E-state index contributed by atoms with van der Waals surface area (Å²) in [5.74, 6) is 2.19. The Morgan fingerprint density at radius 1 is 1.32 bits per heavy atom. The summed E-state index contributed by atoms with van der Waals surface area (Å²) < 4.78 is 11.2. The van der Waals surface area contributed by atoms with Crippen molar-refractivity contribution in [2.24, 2.45) is 11.7 Å². The Hall–Kier alpha value is -0.940. The molecular weight excluding hydrogens is 242 g/mol. The van der Waals surface area contributed by atoms with Crippen LogP contribution in [0.15, 0.2) is 4.52 Å². The molecule has 0 amide bonds. The summed E-state index contributed by atoms with van der Waals surface area (Å²) in [6.45, 7) is 2.88. The fourth-order valence-corrected chi connectivity index (χ4v) is 3.03. The van der Waals surface area contributed by atoms with Crippen molar-refractivity contribution in [3.63, 3.8) is 0 Å². The molecule has 0 unspecified atom stereocenters. The second kappa shape index (κ2) is 4.56. The number of methoxy groups -OCH3 is 1. The minimum Gasteiger partial charge on any atom is -0.370 e. The van der Waals surface area contributed by atoms with Crippen molar-refractivity contribution in [1.29, 1.82) is 0 Å². The van der Waals surface area contributed by atoms with E-state index in [9.17, 15) is 0 Å². The molecule has 5 nitrogen and oxygen atoms in total. The van der Waals surface area contributed by atoms with Gasteiger partial charge in [0.05, 0.1) is 5.41 Å². The third kappa shape index (κ3) is 2.09. The van der Waals surface area contributed by atoms with E-state index < -0.39 is 0 Å².